The molecule has 1 aliphatic carbocycles. The van der Waals surface area contributed by atoms with Gasteiger partial charge in [-0.2, -0.15) is 0 Å². The molecule has 1 amide bonds. The van der Waals surface area contributed by atoms with Crippen molar-refractivity contribution in [2.45, 2.75) is 37.5 Å². The van der Waals surface area contributed by atoms with Crippen molar-refractivity contribution in [2.75, 3.05) is 13.6 Å². The van der Waals surface area contributed by atoms with Crippen molar-refractivity contribution in [2.24, 2.45) is 0 Å². The summed E-state index contributed by atoms with van der Waals surface area (Å²) in [5.41, 5.74) is 3.47. The van der Waals surface area contributed by atoms with E-state index in [2.05, 4.69) is 35.7 Å². The Morgan fingerprint density at radius 3 is 2.89 bits per heavy atom. The van der Waals surface area contributed by atoms with E-state index in [-0.39, 0.29) is 10.7 Å². The summed E-state index contributed by atoms with van der Waals surface area (Å²) >= 11 is 1.58. The highest BCUT2D eigenvalue weighted by Gasteiger charge is 2.39. The molecule has 0 unspecified atom stereocenters. The predicted octanol–water partition coefficient (Wildman–Crippen LogP) is 2.61. The number of hydrogen-bond acceptors (Lipinski definition) is 3. The van der Waals surface area contributed by atoms with Crippen LogP contribution in [0.3, 0.4) is 0 Å². The summed E-state index contributed by atoms with van der Waals surface area (Å²) in [4.78, 5) is 14.4. The second-order valence-electron chi connectivity index (χ2n) is 5.95. The first-order chi connectivity index (χ1) is 9.06. The molecule has 19 heavy (non-hydrogen) atoms. The predicted molar refractivity (Wildman–Crippen MR) is 79.2 cm³/mol. The van der Waals surface area contributed by atoms with E-state index in [1.54, 1.807) is 11.9 Å². The molecule has 0 saturated heterocycles. The van der Waals surface area contributed by atoms with Crippen LogP contribution in [0.5, 0.6) is 0 Å². The standard InChI is InChI=1S/C15H20N2OS/c1-15(6-7-15)19-16-14(18)12-3-4-13-10-17(2)8-5-11(13)9-12/h3-4,9H,5-8,10H2,1-2H3,(H,16,18). The van der Waals surface area contributed by atoms with Gasteiger partial charge in [0, 0.05) is 23.4 Å². The molecule has 2 aliphatic rings. The molecule has 0 atom stereocenters. The minimum Gasteiger partial charge on any atom is -0.302 e. The van der Waals surface area contributed by atoms with E-state index in [4.69, 9.17) is 0 Å². The maximum atomic E-state index is 12.1. The lowest BCUT2D eigenvalue weighted by Crippen LogP contribution is -2.27. The van der Waals surface area contributed by atoms with E-state index in [9.17, 15) is 4.79 Å². The summed E-state index contributed by atoms with van der Waals surface area (Å²) < 4.78 is 3.27. The molecule has 0 aromatic heterocycles. The molecule has 1 heterocycles. The number of rotatable bonds is 3. The van der Waals surface area contributed by atoms with Crippen molar-refractivity contribution in [1.82, 2.24) is 9.62 Å². The Morgan fingerprint density at radius 1 is 1.37 bits per heavy atom. The third-order valence-corrected chi connectivity index (χ3v) is 5.20. The number of hydrogen-bond donors (Lipinski definition) is 1. The number of carbonyl (C=O) groups is 1. The number of nitrogens with one attached hydrogen (secondary N) is 1. The monoisotopic (exact) mass is 276 g/mol. The lowest BCUT2D eigenvalue weighted by Gasteiger charge is -2.25. The van der Waals surface area contributed by atoms with Crippen LogP contribution in [0.1, 0.15) is 41.3 Å². The molecular weight excluding hydrogens is 256 g/mol. The Balaban J connectivity index is 1.69. The van der Waals surface area contributed by atoms with Crippen LogP contribution in [-0.2, 0) is 13.0 Å². The second-order valence-corrected chi connectivity index (χ2v) is 7.35. The molecule has 3 nitrogen and oxygen atoms in total. The molecule has 102 valence electrons. The maximum absolute atomic E-state index is 12.1. The minimum atomic E-state index is 0.0415. The normalized spacial score (nSPS) is 20.7. The average Bonchev–Trinajstić information content (AvgIpc) is 3.14. The summed E-state index contributed by atoms with van der Waals surface area (Å²) in [7, 11) is 2.14. The van der Waals surface area contributed by atoms with Gasteiger partial charge in [0.25, 0.3) is 5.91 Å². The highest BCUT2D eigenvalue weighted by atomic mass is 32.2. The van der Waals surface area contributed by atoms with E-state index in [1.165, 1.54) is 24.0 Å². The van der Waals surface area contributed by atoms with Gasteiger partial charge in [-0.05, 0) is 68.4 Å². The van der Waals surface area contributed by atoms with Crippen molar-refractivity contribution >= 4 is 17.9 Å². The van der Waals surface area contributed by atoms with E-state index in [0.717, 1.165) is 25.1 Å². The summed E-state index contributed by atoms with van der Waals surface area (Å²) in [5, 5.41) is 0. The van der Waals surface area contributed by atoms with Crippen LogP contribution < -0.4 is 4.72 Å². The molecule has 1 N–H and O–H groups in total. The molecule has 0 bridgehead atoms. The number of likely N-dealkylation sites (N-methyl/N-ethyl adjacent to an activating group) is 1. The lowest BCUT2D eigenvalue weighted by molar-refractivity contribution is 0.0984. The molecular formula is C15H20N2OS. The third kappa shape index (κ3) is 2.95. The van der Waals surface area contributed by atoms with Gasteiger partial charge in [0.1, 0.15) is 0 Å². The molecule has 3 rings (SSSR count). The van der Waals surface area contributed by atoms with Crippen molar-refractivity contribution in [1.29, 1.82) is 0 Å². The maximum Gasteiger partial charge on any atom is 0.261 e. The van der Waals surface area contributed by atoms with Crippen LogP contribution in [0.15, 0.2) is 18.2 Å². The fourth-order valence-corrected chi connectivity index (χ4v) is 3.11. The Morgan fingerprint density at radius 2 is 2.16 bits per heavy atom. The van der Waals surface area contributed by atoms with Gasteiger partial charge in [-0.3, -0.25) is 9.52 Å². The molecule has 1 saturated carbocycles. The van der Waals surface area contributed by atoms with Crippen LogP contribution >= 0.6 is 11.9 Å². The largest absolute Gasteiger partial charge is 0.302 e. The molecule has 0 spiro atoms. The SMILES string of the molecule is CN1CCc2cc(C(=O)NSC3(C)CC3)ccc2C1. The van der Waals surface area contributed by atoms with Gasteiger partial charge in [0.05, 0.1) is 0 Å². The van der Waals surface area contributed by atoms with Gasteiger partial charge in [-0.25, -0.2) is 0 Å². The van der Waals surface area contributed by atoms with Crippen molar-refractivity contribution in [3.05, 3.63) is 34.9 Å². The Kier molecular flexibility index (Phi) is 3.31. The number of fused-ring (bicyclic) bond motifs is 1. The lowest BCUT2D eigenvalue weighted by atomic mass is 9.97. The zero-order valence-electron chi connectivity index (χ0n) is 11.5. The Bertz CT molecular complexity index is 511. The molecule has 4 heteroatoms. The van der Waals surface area contributed by atoms with Gasteiger partial charge in [0.15, 0.2) is 0 Å². The van der Waals surface area contributed by atoms with Crippen LogP contribution in [-0.4, -0.2) is 29.1 Å². The molecule has 1 fully saturated rings. The molecule has 1 aromatic rings. The Labute approximate surface area is 118 Å². The fraction of sp³-hybridized carbons (Fsp3) is 0.533. The number of amides is 1. The Hall–Kier alpha value is -1.00. The van der Waals surface area contributed by atoms with Gasteiger partial charge in [0.2, 0.25) is 0 Å². The van der Waals surface area contributed by atoms with Gasteiger partial charge >= 0.3 is 0 Å². The first kappa shape index (κ1) is 13.0. The summed E-state index contributed by atoms with van der Waals surface area (Å²) in [6, 6.07) is 6.11. The smallest absolute Gasteiger partial charge is 0.261 e. The summed E-state index contributed by atoms with van der Waals surface area (Å²) in [6.07, 6.45) is 3.45. The van der Waals surface area contributed by atoms with Crippen LogP contribution in [0.25, 0.3) is 0 Å². The van der Waals surface area contributed by atoms with E-state index in [0.29, 0.717) is 0 Å². The van der Waals surface area contributed by atoms with Crippen molar-refractivity contribution in [3.63, 3.8) is 0 Å². The third-order valence-electron chi connectivity index (χ3n) is 4.02. The first-order valence-electron chi connectivity index (χ1n) is 6.84. The molecule has 1 aliphatic heterocycles. The first-order valence-corrected chi connectivity index (χ1v) is 7.66. The highest BCUT2D eigenvalue weighted by Crippen LogP contribution is 2.46. The number of benzene rings is 1. The second kappa shape index (κ2) is 4.84. The highest BCUT2D eigenvalue weighted by molar-refractivity contribution is 7.99. The minimum absolute atomic E-state index is 0.0415. The molecule has 0 radical (unpaired) electrons. The van der Waals surface area contributed by atoms with Crippen LogP contribution in [0, 0.1) is 0 Å². The zero-order valence-corrected chi connectivity index (χ0v) is 12.3. The van der Waals surface area contributed by atoms with Crippen molar-refractivity contribution < 1.29 is 4.79 Å². The quantitative estimate of drug-likeness (QED) is 0.861. The van der Waals surface area contributed by atoms with Crippen molar-refractivity contribution in [3.8, 4) is 0 Å². The van der Waals surface area contributed by atoms with E-state index >= 15 is 0 Å². The summed E-state index contributed by atoms with van der Waals surface area (Å²) in [5.74, 6) is 0.0415. The van der Waals surface area contributed by atoms with Crippen LogP contribution in [0.4, 0.5) is 0 Å². The van der Waals surface area contributed by atoms with Gasteiger partial charge in [-0.1, -0.05) is 6.07 Å². The average molecular weight is 276 g/mol. The van der Waals surface area contributed by atoms with E-state index < -0.39 is 0 Å². The topological polar surface area (TPSA) is 32.3 Å². The zero-order chi connectivity index (χ0) is 13.5. The van der Waals surface area contributed by atoms with E-state index in [1.807, 2.05) is 6.07 Å². The van der Waals surface area contributed by atoms with Gasteiger partial charge < -0.3 is 4.90 Å². The van der Waals surface area contributed by atoms with Gasteiger partial charge in [-0.15, -0.1) is 0 Å². The number of nitrogens with zero attached hydrogens (tertiary/aromatic N) is 1. The fourth-order valence-electron chi connectivity index (χ4n) is 2.34. The summed E-state index contributed by atoms with van der Waals surface area (Å²) in [6.45, 7) is 4.26. The number of carbonyl (C=O) groups excluding carboxylic acids is 1. The molecule has 1 aromatic carbocycles. The van der Waals surface area contributed by atoms with Crippen LogP contribution in [0.2, 0.25) is 0 Å².